The van der Waals surface area contributed by atoms with Gasteiger partial charge in [0.05, 0.1) is 0 Å². The predicted octanol–water partition coefficient (Wildman–Crippen LogP) is 1.67. The first-order chi connectivity index (χ1) is 4.72. The van der Waals surface area contributed by atoms with Crippen LogP contribution in [0, 0.1) is 5.92 Å². The van der Waals surface area contributed by atoms with Gasteiger partial charge in [-0.1, -0.05) is 12.8 Å². The molecule has 66 valence electrons. The van der Waals surface area contributed by atoms with Crippen LogP contribution in [0.2, 0.25) is 0 Å². The molecule has 1 saturated carbocycles. The van der Waals surface area contributed by atoms with E-state index in [1.807, 2.05) is 0 Å². The van der Waals surface area contributed by atoms with Crippen molar-refractivity contribution < 1.29 is 4.79 Å². The molecule has 1 fully saturated rings. The van der Waals surface area contributed by atoms with Crippen molar-refractivity contribution >= 4 is 22.8 Å². The highest BCUT2D eigenvalue weighted by atomic mass is 79.9. The minimum atomic E-state index is 0. The maximum Gasteiger partial charge on any atom is 0.134 e. The van der Waals surface area contributed by atoms with Gasteiger partial charge in [0.1, 0.15) is 5.78 Å². The van der Waals surface area contributed by atoms with Crippen molar-refractivity contribution in [1.29, 1.82) is 0 Å². The Morgan fingerprint density at radius 1 is 1.36 bits per heavy atom. The maximum absolute atomic E-state index is 10.9. The van der Waals surface area contributed by atoms with Crippen LogP contribution in [0.5, 0.6) is 0 Å². The summed E-state index contributed by atoms with van der Waals surface area (Å²) in [6.07, 6.45) is 4.42. The zero-order chi connectivity index (χ0) is 7.56. The van der Waals surface area contributed by atoms with E-state index in [0.29, 0.717) is 0 Å². The molecular weight excluding hydrogens is 206 g/mol. The average molecular weight is 222 g/mol. The highest BCUT2D eigenvalue weighted by molar-refractivity contribution is 8.93. The summed E-state index contributed by atoms with van der Waals surface area (Å²) in [4.78, 5) is 10.9. The van der Waals surface area contributed by atoms with Crippen molar-refractivity contribution in [2.75, 3.05) is 0 Å². The third kappa shape index (κ3) is 2.91. The Labute approximate surface area is 78.3 Å². The van der Waals surface area contributed by atoms with Crippen LogP contribution >= 0.6 is 17.0 Å². The highest BCUT2D eigenvalue weighted by Gasteiger charge is 2.24. The number of hydrogen-bond donors (Lipinski definition) is 1. The number of carbonyl (C=O) groups excluding carboxylic acids is 1. The second-order valence-corrected chi connectivity index (χ2v) is 3.17. The quantitative estimate of drug-likeness (QED) is 0.733. The molecule has 2 N–H and O–H groups in total. The molecular formula is C8H16BrNO. The smallest absolute Gasteiger partial charge is 0.134 e. The van der Waals surface area contributed by atoms with Gasteiger partial charge in [0.15, 0.2) is 0 Å². The van der Waals surface area contributed by atoms with Crippen molar-refractivity contribution in [2.24, 2.45) is 11.7 Å². The zero-order valence-electron chi connectivity index (χ0n) is 6.88. The first-order valence-corrected chi connectivity index (χ1v) is 3.98. The van der Waals surface area contributed by atoms with Crippen molar-refractivity contribution in [3.63, 3.8) is 0 Å². The molecule has 0 amide bonds. The fourth-order valence-electron chi connectivity index (χ4n) is 1.66. The molecule has 2 nitrogen and oxygen atoms in total. The minimum absolute atomic E-state index is 0. The molecule has 0 aromatic rings. The molecule has 0 spiro atoms. The van der Waals surface area contributed by atoms with E-state index in [2.05, 4.69) is 0 Å². The molecule has 0 aromatic heterocycles. The number of halogens is 1. The Hall–Kier alpha value is 0.110. The van der Waals surface area contributed by atoms with E-state index in [4.69, 9.17) is 5.73 Å². The molecule has 0 aliphatic heterocycles. The third-order valence-electron chi connectivity index (χ3n) is 2.34. The summed E-state index contributed by atoms with van der Waals surface area (Å²) in [5.74, 6) is 0.431. The Bertz CT molecular complexity index is 138. The topological polar surface area (TPSA) is 43.1 Å². The van der Waals surface area contributed by atoms with Crippen molar-refractivity contribution in [1.82, 2.24) is 0 Å². The minimum Gasteiger partial charge on any atom is -0.327 e. The molecule has 2 atom stereocenters. The largest absolute Gasteiger partial charge is 0.327 e. The molecule has 0 radical (unpaired) electrons. The van der Waals surface area contributed by atoms with Crippen LogP contribution in [0.15, 0.2) is 0 Å². The van der Waals surface area contributed by atoms with E-state index in [0.717, 1.165) is 12.8 Å². The maximum atomic E-state index is 10.9. The van der Waals surface area contributed by atoms with Gasteiger partial charge in [-0.3, -0.25) is 4.79 Å². The summed E-state index contributed by atoms with van der Waals surface area (Å²) in [6.45, 7) is 1.65. The first-order valence-electron chi connectivity index (χ1n) is 3.98. The van der Waals surface area contributed by atoms with Gasteiger partial charge in [0, 0.05) is 12.0 Å². The van der Waals surface area contributed by atoms with Gasteiger partial charge in [-0.25, -0.2) is 0 Å². The number of Topliss-reactive ketones (excluding diaryl/α,β-unsaturated/α-hetero) is 1. The van der Waals surface area contributed by atoms with Crippen LogP contribution in [0.4, 0.5) is 0 Å². The molecule has 11 heavy (non-hydrogen) atoms. The third-order valence-corrected chi connectivity index (χ3v) is 2.34. The van der Waals surface area contributed by atoms with Crippen LogP contribution in [-0.4, -0.2) is 11.8 Å². The van der Waals surface area contributed by atoms with E-state index in [9.17, 15) is 4.79 Å². The summed E-state index contributed by atoms with van der Waals surface area (Å²) in [5, 5.41) is 0. The van der Waals surface area contributed by atoms with E-state index in [-0.39, 0.29) is 34.7 Å². The Morgan fingerprint density at radius 2 is 1.91 bits per heavy atom. The van der Waals surface area contributed by atoms with E-state index >= 15 is 0 Å². The number of hydrogen-bond acceptors (Lipinski definition) is 2. The summed E-state index contributed by atoms with van der Waals surface area (Å²) >= 11 is 0. The summed E-state index contributed by atoms with van der Waals surface area (Å²) in [6, 6.07) is 0.145. The molecule has 1 unspecified atom stereocenters. The molecule has 0 saturated heterocycles. The molecule has 1 aliphatic rings. The van der Waals surface area contributed by atoms with Gasteiger partial charge in [0.25, 0.3) is 0 Å². The van der Waals surface area contributed by atoms with Gasteiger partial charge >= 0.3 is 0 Å². The standard InChI is InChI=1S/C8H15NO.BrH/c1-6(10)7-4-2-3-5-8(7)9;/h7-8H,2-5,9H2,1H3;1H/t7-,8?;/m0./s1. The lowest BCUT2D eigenvalue weighted by atomic mass is 9.83. The van der Waals surface area contributed by atoms with Gasteiger partial charge in [-0.05, 0) is 19.8 Å². The van der Waals surface area contributed by atoms with E-state index in [1.54, 1.807) is 6.92 Å². The number of nitrogens with two attached hydrogens (primary N) is 1. The van der Waals surface area contributed by atoms with Crippen LogP contribution in [0.3, 0.4) is 0 Å². The SMILES string of the molecule is Br.CC(=O)[C@@H]1CCCCC1N. The van der Waals surface area contributed by atoms with Crippen molar-refractivity contribution in [3.05, 3.63) is 0 Å². The zero-order valence-corrected chi connectivity index (χ0v) is 8.59. The van der Waals surface area contributed by atoms with E-state index < -0.39 is 0 Å². The fourth-order valence-corrected chi connectivity index (χ4v) is 1.66. The molecule has 0 heterocycles. The lowest BCUT2D eigenvalue weighted by molar-refractivity contribution is -0.122. The molecule has 1 rings (SSSR count). The molecule has 0 bridgehead atoms. The Morgan fingerprint density at radius 3 is 2.27 bits per heavy atom. The van der Waals surface area contributed by atoms with Crippen molar-refractivity contribution in [2.45, 2.75) is 38.6 Å². The Balaban J connectivity index is 0.000001000. The first kappa shape index (κ1) is 11.1. The van der Waals surface area contributed by atoms with Crippen LogP contribution in [0.25, 0.3) is 0 Å². The number of ketones is 1. The van der Waals surface area contributed by atoms with Gasteiger partial charge < -0.3 is 5.73 Å². The van der Waals surface area contributed by atoms with Crippen LogP contribution in [0.1, 0.15) is 32.6 Å². The fraction of sp³-hybridized carbons (Fsp3) is 0.875. The van der Waals surface area contributed by atoms with Gasteiger partial charge in [0.2, 0.25) is 0 Å². The monoisotopic (exact) mass is 221 g/mol. The molecule has 1 aliphatic carbocycles. The van der Waals surface area contributed by atoms with Crippen molar-refractivity contribution in [3.8, 4) is 0 Å². The molecule has 3 heteroatoms. The van der Waals surface area contributed by atoms with Crippen LogP contribution < -0.4 is 5.73 Å². The highest BCUT2D eigenvalue weighted by Crippen LogP contribution is 2.23. The normalized spacial score (nSPS) is 30.7. The Kier molecular flexibility index (Phi) is 4.93. The van der Waals surface area contributed by atoms with Crippen LogP contribution in [-0.2, 0) is 4.79 Å². The second-order valence-electron chi connectivity index (χ2n) is 3.17. The summed E-state index contributed by atoms with van der Waals surface area (Å²) in [7, 11) is 0. The predicted molar refractivity (Wildman–Crippen MR) is 50.9 cm³/mol. The second kappa shape index (κ2) is 4.88. The van der Waals surface area contributed by atoms with Gasteiger partial charge in [-0.2, -0.15) is 0 Å². The number of carbonyl (C=O) groups is 1. The lowest BCUT2D eigenvalue weighted by Crippen LogP contribution is -2.36. The summed E-state index contributed by atoms with van der Waals surface area (Å²) < 4.78 is 0. The van der Waals surface area contributed by atoms with E-state index in [1.165, 1.54) is 12.8 Å². The average Bonchev–Trinajstić information content (AvgIpc) is 1.88. The van der Waals surface area contributed by atoms with Gasteiger partial charge in [-0.15, -0.1) is 17.0 Å². The summed E-state index contributed by atoms with van der Waals surface area (Å²) in [5.41, 5.74) is 5.76. The number of rotatable bonds is 1. The molecule has 0 aromatic carbocycles. The lowest BCUT2D eigenvalue weighted by Gasteiger charge is -2.25.